The molecule has 5 nitrogen and oxygen atoms in total. The Kier molecular flexibility index (Phi) is 6.47. The lowest BCUT2D eigenvalue weighted by Gasteiger charge is -2.37. The minimum Gasteiger partial charge on any atom is -0.452 e. The first-order valence-electron chi connectivity index (χ1n) is 9.08. The number of nitrogens with zero attached hydrogens (tertiary/aromatic N) is 2. The van der Waals surface area contributed by atoms with Gasteiger partial charge in [0.15, 0.2) is 6.61 Å². The number of benzene rings is 2. The van der Waals surface area contributed by atoms with Crippen molar-refractivity contribution in [2.24, 2.45) is 0 Å². The zero-order chi connectivity index (χ0) is 20.3. The highest BCUT2D eigenvalue weighted by atomic mass is 35.5. The molecular weight excluding hydrogens is 399 g/mol. The third-order valence-electron chi connectivity index (χ3n) is 5.05. The summed E-state index contributed by atoms with van der Waals surface area (Å²) < 4.78 is 5.14. The van der Waals surface area contributed by atoms with Crippen LogP contribution in [-0.2, 0) is 9.53 Å². The van der Waals surface area contributed by atoms with Gasteiger partial charge in [-0.2, -0.15) is 0 Å². The van der Waals surface area contributed by atoms with Gasteiger partial charge in [0.1, 0.15) is 0 Å². The van der Waals surface area contributed by atoms with Gasteiger partial charge in [0, 0.05) is 31.9 Å². The number of ether oxygens (including phenoxy) is 1. The van der Waals surface area contributed by atoms with Gasteiger partial charge in [-0.15, -0.1) is 0 Å². The number of carbonyl (C=O) groups excluding carboxylic acids is 2. The van der Waals surface area contributed by atoms with Crippen molar-refractivity contribution in [2.75, 3.05) is 37.7 Å². The summed E-state index contributed by atoms with van der Waals surface area (Å²) in [6.45, 7) is 6.55. The molecule has 2 aromatic rings. The molecule has 0 radical (unpaired) electrons. The van der Waals surface area contributed by atoms with Crippen LogP contribution in [0.1, 0.15) is 21.5 Å². The molecule has 0 saturated carbocycles. The van der Waals surface area contributed by atoms with E-state index in [0.29, 0.717) is 13.1 Å². The maximum absolute atomic E-state index is 12.4. The number of hydrogen-bond donors (Lipinski definition) is 0. The highest BCUT2D eigenvalue weighted by Gasteiger charge is 2.24. The fourth-order valence-electron chi connectivity index (χ4n) is 3.23. The van der Waals surface area contributed by atoms with E-state index in [4.69, 9.17) is 27.9 Å². The van der Waals surface area contributed by atoms with Crippen LogP contribution in [0.4, 0.5) is 5.69 Å². The maximum Gasteiger partial charge on any atom is 0.340 e. The third kappa shape index (κ3) is 4.42. The minimum absolute atomic E-state index is 0.128. The summed E-state index contributed by atoms with van der Waals surface area (Å²) in [5.41, 5.74) is 3.87. The molecule has 1 amide bonds. The lowest BCUT2D eigenvalue weighted by molar-refractivity contribution is -0.134. The molecule has 1 saturated heterocycles. The molecule has 1 aliphatic rings. The van der Waals surface area contributed by atoms with Crippen LogP contribution >= 0.6 is 23.2 Å². The summed E-state index contributed by atoms with van der Waals surface area (Å²) in [6.07, 6.45) is 0. The lowest BCUT2D eigenvalue weighted by atomic mass is 10.1. The lowest BCUT2D eigenvalue weighted by Crippen LogP contribution is -2.50. The molecule has 7 heteroatoms. The number of anilines is 1. The van der Waals surface area contributed by atoms with E-state index in [0.717, 1.165) is 13.1 Å². The Morgan fingerprint density at radius 1 is 1.00 bits per heavy atom. The van der Waals surface area contributed by atoms with Gasteiger partial charge in [0.2, 0.25) is 0 Å². The highest BCUT2D eigenvalue weighted by Crippen LogP contribution is 2.26. The molecule has 1 heterocycles. The summed E-state index contributed by atoms with van der Waals surface area (Å²) in [6, 6.07) is 11.0. The summed E-state index contributed by atoms with van der Waals surface area (Å²) in [5, 5.41) is 0.397. The van der Waals surface area contributed by atoms with Crippen LogP contribution < -0.4 is 4.90 Å². The van der Waals surface area contributed by atoms with Crippen molar-refractivity contribution in [1.82, 2.24) is 4.90 Å². The Hall–Kier alpha value is -2.24. The fourth-order valence-corrected chi connectivity index (χ4v) is 3.61. The molecule has 0 unspecified atom stereocenters. The third-order valence-corrected chi connectivity index (χ3v) is 5.87. The molecule has 3 rings (SSSR count). The van der Waals surface area contributed by atoms with Crippen molar-refractivity contribution in [1.29, 1.82) is 0 Å². The van der Waals surface area contributed by atoms with Crippen LogP contribution in [0.25, 0.3) is 0 Å². The van der Waals surface area contributed by atoms with Crippen LogP contribution in [0.3, 0.4) is 0 Å². The quantitative estimate of drug-likeness (QED) is 0.698. The highest BCUT2D eigenvalue weighted by molar-refractivity contribution is 6.43. The standard InChI is InChI=1S/C21H22Cl2N2O3/c1-14-5-3-8-18(15(14)2)24-9-11-25(12-10-24)19(26)13-28-21(27)16-6-4-7-17(22)20(16)23/h3-8H,9-13H2,1-2H3. The summed E-state index contributed by atoms with van der Waals surface area (Å²) in [5.74, 6) is -0.873. The fraction of sp³-hybridized carbons (Fsp3) is 0.333. The monoisotopic (exact) mass is 420 g/mol. The predicted molar refractivity (Wildman–Crippen MR) is 111 cm³/mol. The molecule has 1 aliphatic heterocycles. The Labute approximate surface area is 174 Å². The first kappa shape index (κ1) is 20.5. The van der Waals surface area contributed by atoms with Gasteiger partial charge in [-0.25, -0.2) is 4.79 Å². The average molecular weight is 421 g/mol. The van der Waals surface area contributed by atoms with Crippen molar-refractivity contribution in [3.8, 4) is 0 Å². The van der Waals surface area contributed by atoms with Gasteiger partial charge in [-0.05, 0) is 43.2 Å². The van der Waals surface area contributed by atoms with Crippen LogP contribution in [0.5, 0.6) is 0 Å². The second kappa shape index (κ2) is 8.84. The van der Waals surface area contributed by atoms with Gasteiger partial charge in [-0.3, -0.25) is 4.79 Å². The van der Waals surface area contributed by atoms with Crippen molar-refractivity contribution in [2.45, 2.75) is 13.8 Å². The first-order chi connectivity index (χ1) is 13.4. The average Bonchev–Trinajstić information content (AvgIpc) is 2.70. The van der Waals surface area contributed by atoms with E-state index < -0.39 is 5.97 Å². The van der Waals surface area contributed by atoms with Gasteiger partial charge in [-0.1, -0.05) is 41.4 Å². The number of hydrogen-bond acceptors (Lipinski definition) is 4. The Morgan fingerprint density at radius 3 is 2.39 bits per heavy atom. The summed E-state index contributed by atoms with van der Waals surface area (Å²) in [7, 11) is 0. The van der Waals surface area contributed by atoms with Crippen LogP contribution in [0.2, 0.25) is 10.0 Å². The molecule has 0 bridgehead atoms. The first-order valence-corrected chi connectivity index (χ1v) is 9.84. The molecule has 0 aromatic heterocycles. The van der Waals surface area contributed by atoms with Gasteiger partial charge >= 0.3 is 5.97 Å². The number of amides is 1. The second-order valence-corrected chi connectivity index (χ2v) is 7.55. The number of halogens is 2. The number of carbonyl (C=O) groups is 2. The van der Waals surface area contributed by atoms with Crippen molar-refractivity contribution in [3.05, 3.63) is 63.1 Å². The second-order valence-electron chi connectivity index (χ2n) is 6.76. The van der Waals surface area contributed by atoms with Crippen molar-refractivity contribution in [3.63, 3.8) is 0 Å². The number of piperazine rings is 1. The van der Waals surface area contributed by atoms with Crippen LogP contribution in [-0.4, -0.2) is 49.6 Å². The molecule has 28 heavy (non-hydrogen) atoms. The number of aryl methyl sites for hydroxylation is 1. The molecule has 0 N–H and O–H groups in total. The largest absolute Gasteiger partial charge is 0.452 e. The normalized spacial score (nSPS) is 14.1. The smallest absolute Gasteiger partial charge is 0.340 e. The summed E-state index contributed by atoms with van der Waals surface area (Å²) in [4.78, 5) is 28.6. The van der Waals surface area contributed by atoms with Crippen LogP contribution in [0, 0.1) is 13.8 Å². The Bertz CT molecular complexity index is 893. The predicted octanol–water partition coefficient (Wildman–Crippen LogP) is 4.12. The van der Waals surface area contributed by atoms with E-state index in [9.17, 15) is 9.59 Å². The minimum atomic E-state index is -0.658. The molecular formula is C21H22Cl2N2O3. The van der Waals surface area contributed by atoms with Crippen molar-refractivity contribution >= 4 is 40.8 Å². The van der Waals surface area contributed by atoms with E-state index in [2.05, 4.69) is 36.9 Å². The zero-order valence-electron chi connectivity index (χ0n) is 15.9. The van der Waals surface area contributed by atoms with E-state index in [-0.39, 0.29) is 28.1 Å². The number of rotatable bonds is 4. The van der Waals surface area contributed by atoms with E-state index in [1.165, 1.54) is 22.9 Å². The molecule has 148 valence electrons. The van der Waals surface area contributed by atoms with E-state index in [1.54, 1.807) is 17.0 Å². The Balaban J connectivity index is 1.53. The van der Waals surface area contributed by atoms with Crippen molar-refractivity contribution < 1.29 is 14.3 Å². The summed E-state index contributed by atoms with van der Waals surface area (Å²) >= 11 is 11.9. The molecule has 0 aliphatic carbocycles. The molecule has 0 atom stereocenters. The SMILES string of the molecule is Cc1cccc(N2CCN(C(=O)COC(=O)c3cccc(Cl)c3Cl)CC2)c1C. The zero-order valence-corrected chi connectivity index (χ0v) is 17.4. The topological polar surface area (TPSA) is 49.9 Å². The van der Waals surface area contributed by atoms with Gasteiger partial charge in [0.05, 0.1) is 15.6 Å². The molecule has 1 fully saturated rings. The van der Waals surface area contributed by atoms with Crippen LogP contribution in [0.15, 0.2) is 36.4 Å². The van der Waals surface area contributed by atoms with Gasteiger partial charge in [0.25, 0.3) is 5.91 Å². The molecule has 0 spiro atoms. The molecule has 2 aromatic carbocycles. The maximum atomic E-state index is 12.4. The Morgan fingerprint density at radius 2 is 1.68 bits per heavy atom. The van der Waals surface area contributed by atoms with E-state index in [1.807, 2.05) is 0 Å². The number of esters is 1. The van der Waals surface area contributed by atoms with Gasteiger partial charge < -0.3 is 14.5 Å². The van der Waals surface area contributed by atoms with E-state index >= 15 is 0 Å².